The standard InChI is InChI=1S/C17H26N4O3/c1-17(2,11-22)8-5-9-18-15(23)19-12-6-7-13-14(10-12)24-16(20-13)21(3)4/h6-7,10,22H,5,8-9,11H2,1-4H3,(H2,18,19,23). The van der Waals surface area contributed by atoms with Gasteiger partial charge in [-0.25, -0.2) is 4.79 Å². The molecular weight excluding hydrogens is 308 g/mol. The molecule has 1 heterocycles. The largest absolute Gasteiger partial charge is 0.423 e. The van der Waals surface area contributed by atoms with E-state index < -0.39 is 0 Å². The number of carbonyl (C=O) groups is 1. The Morgan fingerprint density at radius 3 is 2.79 bits per heavy atom. The zero-order valence-electron chi connectivity index (χ0n) is 14.7. The fraction of sp³-hybridized carbons (Fsp3) is 0.529. The molecule has 0 aliphatic heterocycles. The van der Waals surface area contributed by atoms with Crippen molar-refractivity contribution in [3.63, 3.8) is 0 Å². The summed E-state index contributed by atoms with van der Waals surface area (Å²) in [4.78, 5) is 18.1. The molecule has 1 aromatic carbocycles. The zero-order valence-corrected chi connectivity index (χ0v) is 14.7. The van der Waals surface area contributed by atoms with Crippen molar-refractivity contribution in [2.75, 3.05) is 37.5 Å². The third-order valence-electron chi connectivity index (χ3n) is 3.76. The Kier molecular flexibility index (Phi) is 5.66. The third-order valence-corrected chi connectivity index (χ3v) is 3.76. The summed E-state index contributed by atoms with van der Waals surface area (Å²) in [6, 6.07) is 5.62. The Morgan fingerprint density at radius 2 is 2.12 bits per heavy atom. The molecule has 2 aromatic rings. The van der Waals surface area contributed by atoms with Crippen LogP contribution in [-0.2, 0) is 0 Å². The minimum absolute atomic E-state index is 0.111. The molecule has 3 N–H and O–H groups in total. The lowest BCUT2D eigenvalue weighted by atomic mass is 9.89. The van der Waals surface area contributed by atoms with Gasteiger partial charge in [0.2, 0.25) is 0 Å². The van der Waals surface area contributed by atoms with E-state index >= 15 is 0 Å². The Hall–Kier alpha value is -2.28. The number of anilines is 2. The quantitative estimate of drug-likeness (QED) is 0.677. The fourth-order valence-electron chi connectivity index (χ4n) is 2.20. The van der Waals surface area contributed by atoms with E-state index in [9.17, 15) is 9.90 Å². The van der Waals surface area contributed by atoms with Crippen molar-refractivity contribution in [2.45, 2.75) is 26.7 Å². The maximum Gasteiger partial charge on any atom is 0.319 e. The zero-order chi connectivity index (χ0) is 17.7. The molecule has 0 spiro atoms. The van der Waals surface area contributed by atoms with Gasteiger partial charge in [-0.15, -0.1) is 0 Å². The molecule has 0 unspecified atom stereocenters. The smallest absolute Gasteiger partial charge is 0.319 e. The van der Waals surface area contributed by atoms with E-state index in [4.69, 9.17) is 4.42 Å². The van der Waals surface area contributed by atoms with Crippen LogP contribution in [0.5, 0.6) is 0 Å². The van der Waals surface area contributed by atoms with Crippen LogP contribution in [0.25, 0.3) is 11.1 Å². The lowest BCUT2D eigenvalue weighted by molar-refractivity contribution is 0.148. The predicted molar refractivity (Wildman–Crippen MR) is 95.5 cm³/mol. The normalized spacial score (nSPS) is 11.5. The lowest BCUT2D eigenvalue weighted by Gasteiger charge is -2.21. The van der Waals surface area contributed by atoms with E-state index in [2.05, 4.69) is 15.6 Å². The highest BCUT2D eigenvalue weighted by Gasteiger charge is 2.15. The van der Waals surface area contributed by atoms with Crippen LogP contribution in [-0.4, -0.2) is 43.4 Å². The van der Waals surface area contributed by atoms with E-state index in [1.54, 1.807) is 17.0 Å². The SMILES string of the molecule is CN(C)c1nc2ccc(NC(=O)NCCCC(C)(C)CO)cc2o1. The van der Waals surface area contributed by atoms with Crippen LogP contribution in [0.4, 0.5) is 16.5 Å². The third kappa shape index (κ3) is 4.86. The second-order valence-electron chi connectivity index (χ2n) is 6.88. The van der Waals surface area contributed by atoms with Gasteiger partial charge in [-0.3, -0.25) is 0 Å². The van der Waals surface area contributed by atoms with Crippen molar-refractivity contribution in [3.8, 4) is 0 Å². The molecule has 0 aliphatic rings. The summed E-state index contributed by atoms with van der Waals surface area (Å²) in [7, 11) is 3.71. The van der Waals surface area contributed by atoms with Crippen LogP contribution in [0.1, 0.15) is 26.7 Å². The average Bonchev–Trinajstić information content (AvgIpc) is 2.95. The van der Waals surface area contributed by atoms with Gasteiger partial charge in [0, 0.05) is 39.0 Å². The van der Waals surface area contributed by atoms with Gasteiger partial charge in [0.1, 0.15) is 5.52 Å². The fourth-order valence-corrected chi connectivity index (χ4v) is 2.20. The number of fused-ring (bicyclic) bond motifs is 1. The Morgan fingerprint density at radius 1 is 1.38 bits per heavy atom. The van der Waals surface area contributed by atoms with Crippen molar-refractivity contribution in [2.24, 2.45) is 5.41 Å². The molecular formula is C17H26N4O3. The van der Waals surface area contributed by atoms with Gasteiger partial charge in [0.05, 0.1) is 0 Å². The first-order valence-corrected chi connectivity index (χ1v) is 8.04. The first kappa shape index (κ1) is 18.1. The van der Waals surface area contributed by atoms with Gasteiger partial charge >= 0.3 is 6.03 Å². The molecule has 7 nitrogen and oxygen atoms in total. The highest BCUT2D eigenvalue weighted by atomic mass is 16.4. The summed E-state index contributed by atoms with van der Waals surface area (Å²) in [6.45, 7) is 4.71. The van der Waals surface area contributed by atoms with Crippen LogP contribution >= 0.6 is 0 Å². The van der Waals surface area contributed by atoms with E-state index in [1.165, 1.54) is 0 Å². The number of aliphatic hydroxyl groups excluding tert-OH is 1. The lowest BCUT2D eigenvalue weighted by Crippen LogP contribution is -2.30. The number of benzene rings is 1. The number of hydrogen-bond acceptors (Lipinski definition) is 5. The summed E-state index contributed by atoms with van der Waals surface area (Å²) < 4.78 is 5.62. The molecule has 0 aliphatic carbocycles. The highest BCUT2D eigenvalue weighted by molar-refractivity contribution is 5.91. The van der Waals surface area contributed by atoms with Crippen LogP contribution in [0, 0.1) is 5.41 Å². The number of oxazole rings is 1. The molecule has 132 valence electrons. The van der Waals surface area contributed by atoms with Crippen molar-refractivity contribution in [1.82, 2.24) is 10.3 Å². The monoisotopic (exact) mass is 334 g/mol. The number of hydrogen-bond donors (Lipinski definition) is 3. The summed E-state index contributed by atoms with van der Waals surface area (Å²) in [6.07, 6.45) is 1.66. The maximum absolute atomic E-state index is 11.9. The number of urea groups is 1. The molecule has 0 atom stereocenters. The predicted octanol–water partition coefficient (Wildman–Crippen LogP) is 2.81. The molecule has 1 aromatic heterocycles. The van der Waals surface area contributed by atoms with Gasteiger partial charge in [0.25, 0.3) is 6.01 Å². The first-order valence-electron chi connectivity index (χ1n) is 8.04. The van der Waals surface area contributed by atoms with Gasteiger partial charge in [-0.1, -0.05) is 13.8 Å². The Balaban J connectivity index is 1.86. The Bertz CT molecular complexity index is 694. The molecule has 0 saturated carbocycles. The van der Waals surface area contributed by atoms with E-state index in [-0.39, 0.29) is 18.1 Å². The van der Waals surface area contributed by atoms with Gasteiger partial charge < -0.3 is 25.1 Å². The van der Waals surface area contributed by atoms with Crippen molar-refractivity contribution in [3.05, 3.63) is 18.2 Å². The number of aliphatic hydroxyl groups is 1. The second kappa shape index (κ2) is 7.53. The number of nitrogens with zero attached hydrogens (tertiary/aromatic N) is 2. The van der Waals surface area contributed by atoms with Crippen LogP contribution in [0.3, 0.4) is 0 Å². The minimum atomic E-state index is -0.261. The number of carbonyl (C=O) groups excluding carboxylic acids is 1. The van der Waals surface area contributed by atoms with Crippen LogP contribution < -0.4 is 15.5 Å². The molecule has 0 fully saturated rings. The van der Waals surface area contributed by atoms with Gasteiger partial charge in [0.15, 0.2) is 5.58 Å². The molecule has 0 bridgehead atoms. The van der Waals surface area contributed by atoms with Gasteiger partial charge in [-0.05, 0) is 30.4 Å². The number of rotatable bonds is 7. The van der Waals surface area contributed by atoms with E-state index in [1.807, 2.05) is 34.0 Å². The number of aromatic nitrogens is 1. The molecule has 24 heavy (non-hydrogen) atoms. The van der Waals surface area contributed by atoms with Crippen LogP contribution in [0.15, 0.2) is 22.6 Å². The van der Waals surface area contributed by atoms with Gasteiger partial charge in [-0.2, -0.15) is 4.98 Å². The average molecular weight is 334 g/mol. The highest BCUT2D eigenvalue weighted by Crippen LogP contribution is 2.23. The summed E-state index contributed by atoms with van der Waals surface area (Å²) in [5, 5.41) is 14.8. The maximum atomic E-state index is 11.9. The second-order valence-corrected chi connectivity index (χ2v) is 6.88. The van der Waals surface area contributed by atoms with E-state index in [0.29, 0.717) is 23.8 Å². The van der Waals surface area contributed by atoms with Crippen molar-refractivity contribution < 1.29 is 14.3 Å². The number of nitrogens with one attached hydrogen (secondary N) is 2. The molecule has 2 rings (SSSR count). The number of amides is 2. The van der Waals surface area contributed by atoms with Crippen molar-refractivity contribution in [1.29, 1.82) is 0 Å². The molecule has 7 heteroatoms. The molecule has 0 radical (unpaired) electrons. The summed E-state index contributed by atoms with van der Waals surface area (Å²) in [5.41, 5.74) is 1.91. The molecule has 0 saturated heterocycles. The van der Waals surface area contributed by atoms with E-state index in [0.717, 1.165) is 18.4 Å². The Labute approximate surface area is 142 Å². The van der Waals surface area contributed by atoms with Crippen LogP contribution in [0.2, 0.25) is 0 Å². The molecule has 2 amide bonds. The topological polar surface area (TPSA) is 90.6 Å². The van der Waals surface area contributed by atoms with Crippen molar-refractivity contribution >= 4 is 28.8 Å². The summed E-state index contributed by atoms with van der Waals surface area (Å²) >= 11 is 0. The first-order chi connectivity index (χ1) is 11.3. The summed E-state index contributed by atoms with van der Waals surface area (Å²) in [5.74, 6) is 0. The minimum Gasteiger partial charge on any atom is -0.423 e.